The van der Waals surface area contributed by atoms with Crippen LogP contribution in [0.1, 0.15) is 54.7 Å². The molecule has 0 aromatic heterocycles. The molecule has 0 bridgehead atoms. The van der Waals surface area contributed by atoms with Crippen LogP contribution in [0.5, 0.6) is 0 Å². The zero-order chi connectivity index (χ0) is 28.6. The zero-order valence-electron chi connectivity index (χ0n) is 22.8. The van der Waals surface area contributed by atoms with E-state index in [9.17, 15) is 14.7 Å². The average molecular weight is 556 g/mol. The number of thioether (sulfide) groups is 1. The lowest BCUT2D eigenvalue weighted by Crippen LogP contribution is -2.45. The quantitative estimate of drug-likeness (QED) is 0.322. The second-order valence-electron chi connectivity index (χ2n) is 10.4. The summed E-state index contributed by atoms with van der Waals surface area (Å²) in [5.41, 5.74) is 4.56. The SMILES string of the molecule is CCN1c2cc(F)c(/C=C3/SC(=Nc4ccccc4)N(Cc4ccc(C(=O)O)cc4)C3=O)cc2C(C)=CC1(C)C. The Kier molecular flexibility index (Phi) is 7.38. The van der Waals surface area contributed by atoms with E-state index in [4.69, 9.17) is 4.99 Å². The van der Waals surface area contributed by atoms with Crippen LogP contribution in [0.15, 0.2) is 82.7 Å². The van der Waals surface area contributed by atoms with E-state index in [1.807, 2.05) is 43.3 Å². The van der Waals surface area contributed by atoms with Crippen LogP contribution in [0.2, 0.25) is 0 Å². The van der Waals surface area contributed by atoms with Gasteiger partial charge >= 0.3 is 5.97 Å². The van der Waals surface area contributed by atoms with Crippen LogP contribution < -0.4 is 4.90 Å². The number of aliphatic imine (C=N–C) groups is 1. The first-order chi connectivity index (χ1) is 19.1. The number of halogens is 1. The number of hydrogen-bond donors (Lipinski definition) is 1. The number of allylic oxidation sites excluding steroid dienone is 1. The summed E-state index contributed by atoms with van der Waals surface area (Å²) < 4.78 is 15.5. The second-order valence-corrected chi connectivity index (χ2v) is 11.4. The number of hydrogen-bond acceptors (Lipinski definition) is 5. The van der Waals surface area contributed by atoms with E-state index < -0.39 is 11.8 Å². The van der Waals surface area contributed by atoms with Crippen molar-refractivity contribution >= 4 is 51.8 Å². The molecule has 1 amide bonds. The molecule has 1 saturated heterocycles. The number of para-hydroxylation sites is 1. The number of carboxylic acid groups (broad SMARTS) is 1. The third-order valence-corrected chi connectivity index (χ3v) is 8.12. The summed E-state index contributed by atoms with van der Waals surface area (Å²) >= 11 is 1.20. The summed E-state index contributed by atoms with van der Waals surface area (Å²) in [5, 5.41) is 9.69. The van der Waals surface area contributed by atoms with Crippen LogP contribution >= 0.6 is 11.8 Å². The number of amides is 1. The molecule has 8 heteroatoms. The highest BCUT2D eigenvalue weighted by Crippen LogP contribution is 2.41. The monoisotopic (exact) mass is 555 g/mol. The number of benzene rings is 3. The molecule has 5 rings (SSSR count). The Morgan fingerprint density at radius 1 is 1.10 bits per heavy atom. The minimum atomic E-state index is -1.02. The smallest absolute Gasteiger partial charge is 0.335 e. The van der Waals surface area contributed by atoms with Gasteiger partial charge in [0.2, 0.25) is 0 Å². The summed E-state index contributed by atoms with van der Waals surface area (Å²) in [6.45, 7) is 9.24. The lowest BCUT2D eigenvalue weighted by Gasteiger charge is -2.42. The van der Waals surface area contributed by atoms with Crippen LogP contribution in [0.4, 0.5) is 15.8 Å². The summed E-state index contributed by atoms with van der Waals surface area (Å²) in [5.74, 6) is -1.70. The molecule has 2 aliphatic rings. The Hall–Kier alpha value is -4.17. The Morgan fingerprint density at radius 2 is 1.80 bits per heavy atom. The van der Waals surface area contributed by atoms with Gasteiger partial charge in [-0.05, 0) is 93.1 Å². The fraction of sp³-hybridized carbons (Fsp3) is 0.219. The summed E-state index contributed by atoms with van der Waals surface area (Å²) in [6, 6.07) is 19.1. The number of amidine groups is 1. The zero-order valence-corrected chi connectivity index (χ0v) is 23.6. The maximum atomic E-state index is 15.5. The lowest BCUT2D eigenvalue weighted by molar-refractivity contribution is -0.122. The number of rotatable bonds is 6. The normalized spacial score (nSPS) is 18.3. The van der Waals surface area contributed by atoms with Gasteiger partial charge in [-0.1, -0.05) is 36.4 Å². The Morgan fingerprint density at radius 3 is 2.45 bits per heavy atom. The standard InChI is InChI=1S/C32H30FN3O3S/c1-5-36-27-17-26(33)23(15-25(27)20(2)18-32(36,3)4)16-28-29(37)35(19-21-11-13-22(14-12-21)30(38)39)31(40-28)34-24-9-7-6-8-10-24/h6-18H,5,19H2,1-4H3,(H,38,39)/b28-16+,34-31?. The highest BCUT2D eigenvalue weighted by atomic mass is 32.2. The molecule has 0 atom stereocenters. The highest BCUT2D eigenvalue weighted by molar-refractivity contribution is 8.18. The van der Waals surface area contributed by atoms with Crippen molar-refractivity contribution in [2.75, 3.05) is 11.4 Å². The van der Waals surface area contributed by atoms with Crippen molar-refractivity contribution in [2.45, 2.75) is 39.8 Å². The molecule has 40 heavy (non-hydrogen) atoms. The van der Waals surface area contributed by atoms with Crippen molar-refractivity contribution in [1.29, 1.82) is 0 Å². The van der Waals surface area contributed by atoms with Crippen molar-refractivity contribution in [3.05, 3.63) is 106 Å². The van der Waals surface area contributed by atoms with Crippen molar-refractivity contribution in [1.82, 2.24) is 4.90 Å². The number of likely N-dealkylation sites (N-methyl/N-ethyl adjacent to an activating group) is 1. The van der Waals surface area contributed by atoms with Crippen LogP contribution in [-0.2, 0) is 11.3 Å². The Labute approximate surface area is 237 Å². The number of carbonyl (C=O) groups is 2. The minimum absolute atomic E-state index is 0.168. The van der Waals surface area contributed by atoms with Crippen LogP contribution in [0.3, 0.4) is 0 Å². The molecule has 0 aliphatic carbocycles. The topological polar surface area (TPSA) is 73.2 Å². The first-order valence-electron chi connectivity index (χ1n) is 13.1. The van der Waals surface area contributed by atoms with Crippen LogP contribution in [-0.4, -0.2) is 39.1 Å². The van der Waals surface area contributed by atoms with E-state index in [0.717, 1.165) is 28.9 Å². The molecule has 1 N–H and O–H groups in total. The van der Waals surface area contributed by atoms with Gasteiger partial charge in [-0.15, -0.1) is 0 Å². The third kappa shape index (κ3) is 5.31. The Bertz CT molecular complexity index is 1580. The van der Waals surface area contributed by atoms with Gasteiger partial charge in [-0.25, -0.2) is 14.2 Å². The first kappa shape index (κ1) is 27.4. The van der Waals surface area contributed by atoms with Crippen LogP contribution in [0.25, 0.3) is 11.6 Å². The predicted octanol–water partition coefficient (Wildman–Crippen LogP) is 7.35. The third-order valence-electron chi connectivity index (χ3n) is 7.11. The molecule has 6 nitrogen and oxygen atoms in total. The van der Waals surface area contributed by atoms with Gasteiger partial charge in [0.15, 0.2) is 5.17 Å². The van der Waals surface area contributed by atoms with Gasteiger partial charge in [-0.2, -0.15) is 0 Å². The maximum Gasteiger partial charge on any atom is 0.335 e. The van der Waals surface area contributed by atoms with Gasteiger partial charge in [0.05, 0.1) is 28.2 Å². The first-order valence-corrected chi connectivity index (χ1v) is 13.9. The van der Waals surface area contributed by atoms with Crippen molar-refractivity contribution in [3.63, 3.8) is 0 Å². The molecule has 3 aromatic carbocycles. The fourth-order valence-electron chi connectivity index (χ4n) is 5.22. The van der Waals surface area contributed by atoms with Gasteiger partial charge in [0.25, 0.3) is 5.91 Å². The number of carboxylic acids is 1. The average Bonchev–Trinajstić information content (AvgIpc) is 3.19. The molecule has 0 spiro atoms. The molecule has 3 aromatic rings. The largest absolute Gasteiger partial charge is 0.478 e. The summed E-state index contributed by atoms with van der Waals surface area (Å²) in [6.07, 6.45) is 3.78. The van der Waals surface area contributed by atoms with E-state index in [2.05, 4.69) is 31.7 Å². The molecule has 204 valence electrons. The van der Waals surface area contributed by atoms with Gasteiger partial charge < -0.3 is 10.0 Å². The molecular formula is C32H30FN3O3S. The van der Waals surface area contributed by atoms with Gasteiger partial charge in [-0.3, -0.25) is 9.69 Å². The van der Waals surface area contributed by atoms with E-state index in [1.165, 1.54) is 23.9 Å². The molecule has 0 saturated carbocycles. The molecule has 1 fully saturated rings. The van der Waals surface area contributed by atoms with E-state index in [1.54, 1.807) is 29.2 Å². The number of fused-ring (bicyclic) bond motifs is 1. The van der Waals surface area contributed by atoms with Gasteiger partial charge in [0, 0.05) is 23.4 Å². The predicted molar refractivity (Wildman–Crippen MR) is 160 cm³/mol. The fourth-order valence-corrected chi connectivity index (χ4v) is 6.21. The number of anilines is 1. The Balaban J connectivity index is 1.53. The minimum Gasteiger partial charge on any atom is -0.478 e. The second kappa shape index (κ2) is 10.8. The molecule has 0 unspecified atom stereocenters. The summed E-state index contributed by atoms with van der Waals surface area (Å²) in [4.78, 5) is 33.7. The number of aromatic carboxylic acids is 1. The lowest BCUT2D eigenvalue weighted by atomic mass is 9.88. The molecular weight excluding hydrogens is 525 g/mol. The highest BCUT2D eigenvalue weighted by Gasteiger charge is 2.35. The van der Waals surface area contributed by atoms with E-state index >= 15 is 4.39 Å². The van der Waals surface area contributed by atoms with Crippen molar-refractivity contribution in [3.8, 4) is 0 Å². The van der Waals surface area contributed by atoms with Crippen molar-refractivity contribution < 1.29 is 19.1 Å². The van der Waals surface area contributed by atoms with Crippen LogP contribution in [0, 0.1) is 5.82 Å². The number of nitrogens with zero attached hydrogens (tertiary/aromatic N) is 3. The molecule has 2 heterocycles. The number of carbonyl (C=O) groups excluding carboxylic acids is 1. The summed E-state index contributed by atoms with van der Waals surface area (Å²) in [7, 11) is 0. The maximum absolute atomic E-state index is 15.5. The van der Waals surface area contributed by atoms with Crippen molar-refractivity contribution in [2.24, 2.45) is 4.99 Å². The van der Waals surface area contributed by atoms with E-state index in [0.29, 0.717) is 21.3 Å². The van der Waals surface area contributed by atoms with E-state index in [-0.39, 0.29) is 23.6 Å². The molecule has 2 aliphatic heterocycles. The molecule has 0 radical (unpaired) electrons. The van der Waals surface area contributed by atoms with Gasteiger partial charge in [0.1, 0.15) is 5.82 Å².